The molecule has 0 aliphatic heterocycles. The van der Waals surface area contributed by atoms with Crippen molar-refractivity contribution in [2.75, 3.05) is 0 Å². The maximum atomic E-state index is 11.3. The third kappa shape index (κ3) is 3.45. The summed E-state index contributed by atoms with van der Waals surface area (Å²) in [5, 5.41) is 0.301. The first kappa shape index (κ1) is 14.3. The molecule has 1 amide bonds. The number of aromatic nitrogens is 2. The van der Waals surface area contributed by atoms with E-state index < -0.39 is 5.91 Å². The number of para-hydroxylation sites is 1. The number of aryl methyl sites for hydroxylation is 1. The predicted molar refractivity (Wildman–Crippen MR) is 76.1 cm³/mol. The Bertz CT molecular complexity index is 632. The van der Waals surface area contributed by atoms with E-state index in [4.69, 9.17) is 22.1 Å². The zero-order chi connectivity index (χ0) is 14.5. The third-order valence-corrected chi connectivity index (χ3v) is 2.75. The second-order valence-corrected chi connectivity index (χ2v) is 4.54. The third-order valence-electron chi connectivity index (χ3n) is 2.56. The second-order valence-electron chi connectivity index (χ2n) is 4.16. The van der Waals surface area contributed by atoms with Crippen LogP contribution in [-0.2, 0) is 6.42 Å². The van der Waals surface area contributed by atoms with Crippen LogP contribution in [0, 0.1) is 0 Å². The molecule has 6 heteroatoms. The van der Waals surface area contributed by atoms with Crippen LogP contribution in [0.2, 0.25) is 5.15 Å². The van der Waals surface area contributed by atoms with Crippen molar-refractivity contribution in [1.82, 2.24) is 9.97 Å². The average molecular weight is 292 g/mol. The monoisotopic (exact) mass is 291 g/mol. The molecule has 2 N–H and O–H groups in total. The number of halogens is 1. The van der Waals surface area contributed by atoms with Gasteiger partial charge >= 0.3 is 0 Å². The molecule has 1 heterocycles. The molecule has 20 heavy (non-hydrogen) atoms. The fraction of sp³-hybridized carbons (Fsp3) is 0.214. The molecule has 1 aromatic heterocycles. The standard InChI is InChI=1S/C14H14ClN3O2/c1-2-5-12-17-11(15)8-13(18-12)20-10-7-4-3-6-9(10)14(16)19/h3-4,6-8H,2,5H2,1H3,(H2,16,19). The Balaban J connectivity index is 2.32. The maximum Gasteiger partial charge on any atom is 0.252 e. The van der Waals surface area contributed by atoms with Crippen LogP contribution in [-0.4, -0.2) is 15.9 Å². The highest BCUT2D eigenvalue weighted by atomic mass is 35.5. The summed E-state index contributed by atoms with van der Waals surface area (Å²) in [6.07, 6.45) is 1.60. The molecule has 0 aliphatic carbocycles. The van der Waals surface area contributed by atoms with Gasteiger partial charge in [0.25, 0.3) is 5.91 Å². The van der Waals surface area contributed by atoms with E-state index in [-0.39, 0.29) is 0 Å². The molecule has 0 spiro atoms. The van der Waals surface area contributed by atoms with Crippen molar-refractivity contribution >= 4 is 17.5 Å². The molecule has 2 aromatic rings. The van der Waals surface area contributed by atoms with Crippen LogP contribution in [0.5, 0.6) is 11.6 Å². The van der Waals surface area contributed by atoms with Gasteiger partial charge < -0.3 is 10.5 Å². The number of benzene rings is 1. The highest BCUT2D eigenvalue weighted by molar-refractivity contribution is 6.29. The van der Waals surface area contributed by atoms with Crippen molar-refractivity contribution in [2.24, 2.45) is 5.73 Å². The van der Waals surface area contributed by atoms with Gasteiger partial charge in [0, 0.05) is 12.5 Å². The molecule has 104 valence electrons. The van der Waals surface area contributed by atoms with Gasteiger partial charge in [-0.2, -0.15) is 4.98 Å². The number of hydrogen-bond acceptors (Lipinski definition) is 4. The first-order chi connectivity index (χ1) is 9.60. The van der Waals surface area contributed by atoms with Crippen molar-refractivity contribution in [2.45, 2.75) is 19.8 Å². The lowest BCUT2D eigenvalue weighted by molar-refractivity contribution is 0.0998. The summed E-state index contributed by atoms with van der Waals surface area (Å²) < 4.78 is 5.60. The number of nitrogens with zero attached hydrogens (tertiary/aromatic N) is 2. The first-order valence-corrected chi connectivity index (χ1v) is 6.58. The Kier molecular flexibility index (Phi) is 4.53. The predicted octanol–water partition coefficient (Wildman–Crippen LogP) is 2.97. The van der Waals surface area contributed by atoms with E-state index in [0.717, 1.165) is 6.42 Å². The maximum absolute atomic E-state index is 11.3. The number of hydrogen-bond donors (Lipinski definition) is 1. The summed E-state index contributed by atoms with van der Waals surface area (Å²) in [6.45, 7) is 2.02. The van der Waals surface area contributed by atoms with Crippen LogP contribution in [0.4, 0.5) is 0 Å². The topological polar surface area (TPSA) is 78.1 Å². The van der Waals surface area contributed by atoms with E-state index in [9.17, 15) is 4.79 Å². The van der Waals surface area contributed by atoms with Gasteiger partial charge in [0.15, 0.2) is 0 Å². The number of primary amides is 1. The van der Waals surface area contributed by atoms with E-state index in [1.54, 1.807) is 24.3 Å². The Morgan fingerprint density at radius 2 is 2.10 bits per heavy atom. The van der Waals surface area contributed by atoms with Gasteiger partial charge in [-0.25, -0.2) is 4.98 Å². The minimum Gasteiger partial charge on any atom is -0.438 e. The number of carbonyl (C=O) groups is 1. The minimum absolute atomic E-state index is 0.291. The van der Waals surface area contributed by atoms with Crippen LogP contribution in [0.3, 0.4) is 0 Å². The molecule has 0 radical (unpaired) electrons. The highest BCUT2D eigenvalue weighted by Crippen LogP contribution is 2.25. The fourth-order valence-electron chi connectivity index (χ4n) is 1.70. The van der Waals surface area contributed by atoms with E-state index >= 15 is 0 Å². The van der Waals surface area contributed by atoms with Crippen LogP contribution < -0.4 is 10.5 Å². The quantitative estimate of drug-likeness (QED) is 0.859. The lowest BCUT2D eigenvalue weighted by Gasteiger charge is -2.09. The Morgan fingerprint density at radius 1 is 1.35 bits per heavy atom. The summed E-state index contributed by atoms with van der Waals surface area (Å²) in [5.74, 6) is 0.681. The van der Waals surface area contributed by atoms with Gasteiger partial charge in [0.2, 0.25) is 5.88 Å². The molecule has 5 nitrogen and oxygen atoms in total. The van der Waals surface area contributed by atoms with Gasteiger partial charge in [-0.3, -0.25) is 4.79 Å². The lowest BCUT2D eigenvalue weighted by Crippen LogP contribution is -2.12. The lowest BCUT2D eigenvalue weighted by atomic mass is 10.2. The van der Waals surface area contributed by atoms with Crippen LogP contribution >= 0.6 is 11.6 Å². The molecule has 0 aliphatic rings. The molecule has 2 rings (SSSR count). The van der Waals surface area contributed by atoms with Gasteiger partial charge in [-0.15, -0.1) is 0 Å². The number of amides is 1. The molecular formula is C14H14ClN3O2. The molecular weight excluding hydrogens is 278 g/mol. The largest absolute Gasteiger partial charge is 0.438 e. The zero-order valence-electron chi connectivity index (χ0n) is 11.0. The van der Waals surface area contributed by atoms with Crippen molar-refractivity contribution in [1.29, 1.82) is 0 Å². The minimum atomic E-state index is -0.561. The van der Waals surface area contributed by atoms with E-state index in [0.29, 0.717) is 34.6 Å². The smallest absolute Gasteiger partial charge is 0.252 e. The fourth-order valence-corrected chi connectivity index (χ4v) is 1.89. The molecule has 0 bridgehead atoms. The highest BCUT2D eigenvalue weighted by Gasteiger charge is 2.11. The van der Waals surface area contributed by atoms with Crippen molar-refractivity contribution in [3.8, 4) is 11.6 Å². The Labute approximate surface area is 121 Å². The van der Waals surface area contributed by atoms with Crippen molar-refractivity contribution in [3.05, 3.63) is 46.9 Å². The van der Waals surface area contributed by atoms with Gasteiger partial charge in [-0.1, -0.05) is 30.7 Å². The number of nitrogens with two attached hydrogens (primary N) is 1. The van der Waals surface area contributed by atoms with E-state index in [2.05, 4.69) is 9.97 Å². The summed E-state index contributed by atoms with van der Waals surface area (Å²) in [5.41, 5.74) is 5.59. The Hall–Kier alpha value is -2.14. The SMILES string of the molecule is CCCc1nc(Cl)cc(Oc2ccccc2C(N)=O)n1. The molecule has 0 atom stereocenters. The van der Waals surface area contributed by atoms with Gasteiger partial charge in [-0.05, 0) is 18.6 Å². The van der Waals surface area contributed by atoms with Crippen LogP contribution in [0.15, 0.2) is 30.3 Å². The number of rotatable bonds is 5. The van der Waals surface area contributed by atoms with Gasteiger partial charge in [0.05, 0.1) is 5.56 Å². The Morgan fingerprint density at radius 3 is 2.80 bits per heavy atom. The van der Waals surface area contributed by atoms with Crippen molar-refractivity contribution in [3.63, 3.8) is 0 Å². The van der Waals surface area contributed by atoms with Crippen LogP contribution in [0.1, 0.15) is 29.5 Å². The average Bonchev–Trinajstić information content (AvgIpc) is 2.38. The summed E-state index contributed by atoms with van der Waals surface area (Å²) >= 11 is 5.93. The number of ether oxygens (including phenoxy) is 1. The van der Waals surface area contributed by atoms with E-state index in [1.807, 2.05) is 6.92 Å². The summed E-state index contributed by atoms with van der Waals surface area (Å²) in [6, 6.07) is 8.20. The van der Waals surface area contributed by atoms with Crippen LogP contribution in [0.25, 0.3) is 0 Å². The summed E-state index contributed by atoms with van der Waals surface area (Å²) in [4.78, 5) is 19.7. The molecule has 0 fully saturated rings. The summed E-state index contributed by atoms with van der Waals surface area (Å²) in [7, 11) is 0. The molecule has 0 saturated carbocycles. The molecule has 0 saturated heterocycles. The normalized spacial score (nSPS) is 10.3. The van der Waals surface area contributed by atoms with Crippen molar-refractivity contribution < 1.29 is 9.53 Å². The zero-order valence-corrected chi connectivity index (χ0v) is 11.7. The molecule has 1 aromatic carbocycles. The molecule has 0 unspecified atom stereocenters. The number of carbonyl (C=O) groups excluding carboxylic acids is 1. The van der Waals surface area contributed by atoms with Gasteiger partial charge in [0.1, 0.15) is 16.7 Å². The first-order valence-electron chi connectivity index (χ1n) is 6.20. The second kappa shape index (κ2) is 6.34. The van der Waals surface area contributed by atoms with E-state index in [1.165, 1.54) is 6.07 Å².